The van der Waals surface area contributed by atoms with Crippen LogP contribution in [0.1, 0.15) is 64.5 Å². The van der Waals surface area contributed by atoms with E-state index >= 15 is 0 Å². The molecular weight excluding hydrogens is 526 g/mol. The van der Waals surface area contributed by atoms with Crippen LogP contribution in [0.4, 0.5) is 0 Å². The van der Waals surface area contributed by atoms with E-state index in [4.69, 9.17) is 13.9 Å². The Morgan fingerprint density at radius 3 is 1.69 bits per heavy atom. The quantitative estimate of drug-likeness (QED) is 0.117. The first-order chi connectivity index (χ1) is 18.2. The number of sulfonamides is 1. The molecule has 0 N–H and O–H groups in total. The highest BCUT2D eigenvalue weighted by Crippen LogP contribution is 2.38. The zero-order valence-corrected chi connectivity index (χ0v) is 27.1. The average Bonchev–Trinajstić information content (AvgIpc) is 2.89. The second kappa shape index (κ2) is 14.0. The van der Waals surface area contributed by atoms with Crippen LogP contribution in [0.15, 0.2) is 61.2 Å². The minimum absolute atomic E-state index is 0.110. The van der Waals surface area contributed by atoms with Crippen LogP contribution in [0, 0.1) is 0 Å². The van der Waals surface area contributed by atoms with E-state index in [2.05, 4.69) is 40.4 Å². The first-order valence-corrected chi connectivity index (χ1v) is 18.0. The van der Waals surface area contributed by atoms with Crippen LogP contribution >= 0.6 is 0 Å². The molecule has 1 unspecified atom stereocenters. The number of rotatable bonds is 16. The summed E-state index contributed by atoms with van der Waals surface area (Å²) >= 11 is 0. The van der Waals surface area contributed by atoms with Crippen molar-refractivity contribution in [3.05, 3.63) is 72.3 Å². The molecule has 6 nitrogen and oxygen atoms in total. The smallest absolute Gasteiger partial charge is 0.220 e. The molecule has 0 spiro atoms. The Bertz CT molecular complexity index is 1090. The number of allylic oxidation sites excluding steroid dienone is 1. The number of methoxy groups -OCH3 is 2. The van der Waals surface area contributed by atoms with Gasteiger partial charge in [0, 0.05) is 19.7 Å². The average molecular weight is 576 g/mol. The molecule has 218 valence electrons. The van der Waals surface area contributed by atoms with Crippen molar-refractivity contribution < 1.29 is 22.3 Å². The molecule has 2 aromatic rings. The van der Waals surface area contributed by atoms with Gasteiger partial charge in [-0.1, -0.05) is 51.1 Å². The van der Waals surface area contributed by atoms with Crippen LogP contribution in [0.2, 0.25) is 18.1 Å². The van der Waals surface area contributed by atoms with Gasteiger partial charge in [0.25, 0.3) is 0 Å². The first-order valence-electron chi connectivity index (χ1n) is 13.7. The predicted octanol–water partition coefficient (Wildman–Crippen LogP) is 7.56. The molecule has 0 aliphatic heterocycles. The summed E-state index contributed by atoms with van der Waals surface area (Å²) in [4.78, 5) is 0. The molecule has 2 rings (SSSR count). The summed E-state index contributed by atoms with van der Waals surface area (Å²) in [5.41, 5.74) is 1.81. The van der Waals surface area contributed by atoms with Crippen molar-refractivity contribution >= 4 is 18.3 Å². The van der Waals surface area contributed by atoms with Crippen molar-refractivity contribution in [2.75, 3.05) is 20.8 Å². The lowest BCUT2D eigenvalue weighted by atomic mass is 9.99. The van der Waals surface area contributed by atoms with Gasteiger partial charge >= 0.3 is 0 Å². The van der Waals surface area contributed by atoms with Crippen LogP contribution in [0.25, 0.3) is 0 Å². The molecular formula is C31H49NO5SSi. The van der Waals surface area contributed by atoms with Gasteiger partial charge in [0.1, 0.15) is 11.5 Å². The van der Waals surface area contributed by atoms with E-state index in [-0.39, 0.29) is 18.1 Å². The van der Waals surface area contributed by atoms with E-state index in [1.54, 1.807) is 24.6 Å². The van der Waals surface area contributed by atoms with Crippen LogP contribution < -0.4 is 9.47 Å². The highest BCUT2D eigenvalue weighted by Gasteiger charge is 2.43. The van der Waals surface area contributed by atoms with E-state index in [1.165, 1.54) is 0 Å². The van der Waals surface area contributed by atoms with Gasteiger partial charge in [0.15, 0.2) is 8.32 Å². The van der Waals surface area contributed by atoms with Crippen LogP contribution in [0.3, 0.4) is 0 Å². The predicted molar refractivity (Wildman–Crippen MR) is 164 cm³/mol. The van der Waals surface area contributed by atoms with E-state index in [9.17, 15) is 8.42 Å². The van der Waals surface area contributed by atoms with Gasteiger partial charge in [0.05, 0.1) is 19.0 Å². The van der Waals surface area contributed by atoms with E-state index in [1.807, 2.05) is 55.5 Å². The molecule has 0 aromatic heterocycles. The Morgan fingerprint density at radius 2 is 1.31 bits per heavy atom. The summed E-state index contributed by atoms with van der Waals surface area (Å²) in [5, 5.41) is 0.110. The molecule has 0 aliphatic rings. The minimum atomic E-state index is -3.73. The van der Waals surface area contributed by atoms with Gasteiger partial charge < -0.3 is 13.9 Å². The van der Waals surface area contributed by atoms with Crippen molar-refractivity contribution in [2.45, 2.75) is 89.3 Å². The van der Waals surface area contributed by atoms with Crippen LogP contribution in [0.5, 0.6) is 11.5 Å². The molecule has 0 fully saturated rings. The fourth-order valence-electron chi connectivity index (χ4n) is 4.19. The maximum atomic E-state index is 14.5. The molecule has 0 amide bonds. The Labute approximate surface area is 238 Å². The first kappa shape index (κ1) is 33.1. The van der Waals surface area contributed by atoms with Crippen molar-refractivity contribution in [1.29, 1.82) is 0 Å². The number of benzene rings is 2. The SMILES string of the molecule is C=CCCC(C)(CCCO[Si](C)(C)C(C)(C)C)S(=O)(=O)N(Cc1ccc(OC)cc1)Cc1ccc(OC)cc1. The van der Waals surface area contributed by atoms with Crippen molar-refractivity contribution in [3.8, 4) is 11.5 Å². The zero-order valence-electron chi connectivity index (χ0n) is 25.2. The summed E-state index contributed by atoms with van der Waals surface area (Å²) in [7, 11) is -2.40. The number of ether oxygens (including phenoxy) is 2. The van der Waals surface area contributed by atoms with Gasteiger partial charge in [-0.15, -0.1) is 6.58 Å². The van der Waals surface area contributed by atoms with Gasteiger partial charge in [-0.2, -0.15) is 4.31 Å². The Kier molecular flexibility index (Phi) is 11.8. The monoisotopic (exact) mass is 575 g/mol. The highest BCUT2D eigenvalue weighted by molar-refractivity contribution is 7.90. The fraction of sp³-hybridized carbons (Fsp3) is 0.548. The highest BCUT2D eigenvalue weighted by atomic mass is 32.2. The largest absolute Gasteiger partial charge is 0.497 e. The minimum Gasteiger partial charge on any atom is -0.497 e. The summed E-state index contributed by atoms with van der Waals surface area (Å²) in [5.74, 6) is 1.47. The maximum absolute atomic E-state index is 14.5. The lowest BCUT2D eigenvalue weighted by Gasteiger charge is -2.38. The number of hydrogen-bond donors (Lipinski definition) is 0. The fourth-order valence-corrected chi connectivity index (χ4v) is 7.31. The molecule has 0 aliphatic carbocycles. The molecule has 0 radical (unpaired) electrons. The normalized spacial score (nSPS) is 14.2. The topological polar surface area (TPSA) is 65.1 Å². The van der Waals surface area contributed by atoms with Crippen molar-refractivity contribution in [2.24, 2.45) is 0 Å². The molecule has 0 saturated heterocycles. The summed E-state index contributed by atoms with van der Waals surface area (Å²) in [6, 6.07) is 15.1. The Morgan fingerprint density at radius 1 is 0.846 bits per heavy atom. The van der Waals surface area contributed by atoms with E-state index in [0.29, 0.717) is 32.3 Å². The molecule has 0 heterocycles. The van der Waals surface area contributed by atoms with E-state index < -0.39 is 23.1 Å². The lowest BCUT2D eigenvalue weighted by molar-refractivity contribution is 0.268. The zero-order chi connectivity index (χ0) is 29.3. The van der Waals surface area contributed by atoms with Crippen LogP contribution in [-0.2, 0) is 27.5 Å². The molecule has 0 saturated carbocycles. The summed E-state index contributed by atoms with van der Waals surface area (Å²) in [6.07, 6.45) is 4.12. The molecule has 39 heavy (non-hydrogen) atoms. The van der Waals surface area contributed by atoms with Gasteiger partial charge in [0.2, 0.25) is 10.0 Å². The third-order valence-corrected chi connectivity index (χ3v) is 15.1. The second-order valence-corrected chi connectivity index (χ2v) is 19.2. The van der Waals surface area contributed by atoms with Crippen molar-refractivity contribution in [3.63, 3.8) is 0 Å². The third-order valence-electron chi connectivity index (χ3n) is 7.99. The standard InChI is InChI=1S/C31H49NO5SSi/c1-10-11-21-31(5,22-12-23-37-39(8,9)30(2,3)4)38(33,34)32(24-26-13-17-28(35-6)18-14-26)25-27-15-19-29(36-7)20-16-27/h10,13-20H,1,11-12,21-25H2,2-9H3. The maximum Gasteiger partial charge on any atom is 0.220 e. The number of nitrogens with zero attached hydrogens (tertiary/aromatic N) is 1. The molecule has 2 aromatic carbocycles. The van der Waals surface area contributed by atoms with Gasteiger partial charge in [-0.05, 0) is 86.1 Å². The van der Waals surface area contributed by atoms with Gasteiger partial charge in [-0.3, -0.25) is 0 Å². The Balaban J connectivity index is 2.36. The molecule has 1 atom stereocenters. The summed E-state index contributed by atoms with van der Waals surface area (Å²) in [6.45, 7) is 17.9. The second-order valence-electron chi connectivity index (χ2n) is 12.0. The lowest BCUT2D eigenvalue weighted by Crippen LogP contribution is -2.46. The van der Waals surface area contributed by atoms with Crippen LogP contribution in [-0.4, -0.2) is 46.6 Å². The van der Waals surface area contributed by atoms with Gasteiger partial charge in [-0.25, -0.2) is 8.42 Å². The molecule has 0 bridgehead atoms. The van der Waals surface area contributed by atoms with E-state index in [0.717, 1.165) is 22.6 Å². The molecule has 8 heteroatoms. The number of hydrogen-bond acceptors (Lipinski definition) is 5. The third kappa shape index (κ3) is 8.93. The Hall–Kier alpha value is -2.13. The van der Waals surface area contributed by atoms with Crippen molar-refractivity contribution in [1.82, 2.24) is 4.31 Å². The summed E-state index contributed by atoms with van der Waals surface area (Å²) < 4.78 is 46.6.